The maximum atomic E-state index is 13.8. The van der Waals surface area contributed by atoms with E-state index in [9.17, 15) is 9.18 Å². The van der Waals surface area contributed by atoms with Crippen LogP contribution in [0.3, 0.4) is 0 Å². The van der Waals surface area contributed by atoms with Crippen LogP contribution < -0.4 is 5.73 Å². The van der Waals surface area contributed by atoms with Crippen LogP contribution in [0.4, 0.5) is 4.39 Å². The minimum absolute atomic E-state index is 0.311. The molecule has 0 spiro atoms. The minimum atomic E-state index is -0.465. The predicted octanol–water partition coefficient (Wildman–Crippen LogP) is 4.02. The molecule has 1 fully saturated rings. The third-order valence-corrected chi connectivity index (χ3v) is 4.94. The molecule has 0 atom stereocenters. The quantitative estimate of drug-likeness (QED) is 0.780. The molecule has 1 aliphatic rings. The van der Waals surface area contributed by atoms with Crippen molar-refractivity contribution in [2.75, 3.05) is 0 Å². The highest BCUT2D eigenvalue weighted by molar-refractivity contribution is 6.17. The molecule has 1 aromatic heterocycles. The van der Waals surface area contributed by atoms with E-state index in [1.165, 1.54) is 37.8 Å². The smallest absolute Gasteiger partial charge is 0.249 e. The van der Waals surface area contributed by atoms with Crippen molar-refractivity contribution in [2.24, 2.45) is 11.7 Å². The summed E-state index contributed by atoms with van der Waals surface area (Å²) in [5.41, 5.74) is 7.74. The van der Waals surface area contributed by atoms with Gasteiger partial charge in [-0.3, -0.25) is 4.79 Å². The Morgan fingerprint density at radius 2 is 2.09 bits per heavy atom. The number of carbonyl (C=O) groups is 1. The van der Waals surface area contributed by atoms with Gasteiger partial charge in [0.05, 0.1) is 5.52 Å². The first kappa shape index (κ1) is 14.2. The molecular formula is C19H18FN2O. The average Bonchev–Trinajstić information content (AvgIpc) is 3.14. The zero-order chi connectivity index (χ0) is 16.0. The minimum Gasteiger partial charge on any atom is -0.366 e. The summed E-state index contributed by atoms with van der Waals surface area (Å²) in [6, 6.07) is 11.4. The zero-order valence-corrected chi connectivity index (χ0v) is 12.8. The topological polar surface area (TPSA) is 48.0 Å². The first-order valence-electron chi connectivity index (χ1n) is 8.07. The largest absolute Gasteiger partial charge is 0.366 e. The lowest BCUT2D eigenvalue weighted by molar-refractivity contribution is 0.100. The summed E-state index contributed by atoms with van der Waals surface area (Å²) >= 11 is 0. The molecule has 1 heterocycles. The molecule has 1 amide bonds. The van der Waals surface area contributed by atoms with Crippen LogP contribution in [0.2, 0.25) is 0 Å². The lowest BCUT2D eigenvalue weighted by atomic mass is 10.1. The highest BCUT2D eigenvalue weighted by Gasteiger charge is 2.21. The number of benzene rings is 2. The molecule has 3 nitrogen and oxygen atoms in total. The predicted molar refractivity (Wildman–Crippen MR) is 88.7 cm³/mol. The van der Waals surface area contributed by atoms with E-state index in [1.807, 2.05) is 12.1 Å². The normalized spacial score (nSPS) is 15.7. The Hall–Kier alpha value is -2.36. The Balaban J connectivity index is 2.02. The molecule has 0 unspecified atom stereocenters. The summed E-state index contributed by atoms with van der Waals surface area (Å²) in [6.07, 6.45) is 4.93. The number of amides is 1. The van der Waals surface area contributed by atoms with Gasteiger partial charge in [0.1, 0.15) is 5.82 Å². The van der Waals surface area contributed by atoms with Gasteiger partial charge < -0.3 is 10.3 Å². The van der Waals surface area contributed by atoms with Gasteiger partial charge in [-0.1, -0.05) is 18.9 Å². The Morgan fingerprint density at radius 1 is 1.30 bits per heavy atom. The lowest BCUT2D eigenvalue weighted by Gasteiger charge is -2.13. The Labute approximate surface area is 133 Å². The number of hydrogen-bond donors (Lipinski definition) is 1. The monoisotopic (exact) mass is 309 g/mol. The van der Waals surface area contributed by atoms with E-state index in [0.29, 0.717) is 11.5 Å². The molecule has 2 N–H and O–H groups in total. The SMILES string of the molecule is NC(=O)c1cccc2c1c1[c]cc(F)cc1n2CC1CCCC1. The average molecular weight is 309 g/mol. The highest BCUT2D eigenvalue weighted by atomic mass is 19.1. The maximum absolute atomic E-state index is 13.8. The summed E-state index contributed by atoms with van der Waals surface area (Å²) in [5, 5.41) is 1.56. The Morgan fingerprint density at radius 3 is 2.83 bits per heavy atom. The molecular weight excluding hydrogens is 291 g/mol. The van der Waals surface area contributed by atoms with Crippen molar-refractivity contribution in [3.05, 3.63) is 47.8 Å². The summed E-state index contributed by atoms with van der Waals surface area (Å²) in [6.45, 7) is 0.847. The van der Waals surface area contributed by atoms with Crippen molar-refractivity contribution < 1.29 is 9.18 Å². The van der Waals surface area contributed by atoms with Gasteiger partial charge in [-0.25, -0.2) is 4.39 Å². The fourth-order valence-corrected chi connectivity index (χ4v) is 3.88. The van der Waals surface area contributed by atoms with Crippen molar-refractivity contribution in [2.45, 2.75) is 32.2 Å². The number of nitrogens with zero attached hydrogens (tertiary/aromatic N) is 1. The molecule has 0 aliphatic heterocycles. The summed E-state index contributed by atoms with van der Waals surface area (Å²) < 4.78 is 15.9. The summed E-state index contributed by atoms with van der Waals surface area (Å²) in [5.74, 6) is -0.170. The molecule has 4 rings (SSSR count). The molecule has 2 aromatic carbocycles. The van der Waals surface area contributed by atoms with Gasteiger partial charge in [-0.2, -0.15) is 0 Å². The van der Waals surface area contributed by atoms with E-state index in [-0.39, 0.29) is 5.82 Å². The fraction of sp³-hybridized carbons (Fsp3) is 0.316. The zero-order valence-electron chi connectivity index (χ0n) is 12.8. The van der Waals surface area contributed by atoms with E-state index < -0.39 is 5.91 Å². The van der Waals surface area contributed by atoms with Gasteiger partial charge in [0.25, 0.3) is 0 Å². The van der Waals surface area contributed by atoms with Crippen molar-refractivity contribution in [1.29, 1.82) is 0 Å². The molecule has 1 radical (unpaired) electrons. The van der Waals surface area contributed by atoms with Crippen LogP contribution in [0.5, 0.6) is 0 Å². The first-order valence-corrected chi connectivity index (χ1v) is 8.07. The number of primary amides is 1. The van der Waals surface area contributed by atoms with E-state index in [0.717, 1.165) is 28.4 Å². The van der Waals surface area contributed by atoms with Gasteiger partial charge >= 0.3 is 0 Å². The van der Waals surface area contributed by atoms with E-state index >= 15 is 0 Å². The van der Waals surface area contributed by atoms with Gasteiger partial charge in [-0.05, 0) is 49.1 Å². The highest BCUT2D eigenvalue weighted by Crippen LogP contribution is 2.35. The van der Waals surface area contributed by atoms with Crippen LogP contribution in [-0.2, 0) is 6.54 Å². The van der Waals surface area contributed by atoms with E-state index in [2.05, 4.69) is 10.6 Å². The molecule has 23 heavy (non-hydrogen) atoms. The van der Waals surface area contributed by atoms with Crippen molar-refractivity contribution in [3.63, 3.8) is 0 Å². The molecule has 1 saturated carbocycles. The van der Waals surface area contributed by atoms with Crippen LogP contribution in [-0.4, -0.2) is 10.5 Å². The van der Waals surface area contributed by atoms with Gasteiger partial charge in [0.15, 0.2) is 0 Å². The van der Waals surface area contributed by atoms with Crippen molar-refractivity contribution in [3.8, 4) is 0 Å². The second-order valence-electron chi connectivity index (χ2n) is 6.40. The standard InChI is InChI=1S/C19H18FN2O/c20-13-8-9-14-17(10-13)22(11-12-4-1-2-5-12)16-7-3-6-15(18(14)16)19(21)23/h3,6-8,10,12H,1-2,4-5,11H2,(H2,21,23). The van der Waals surface area contributed by atoms with Crippen LogP contribution in [0.15, 0.2) is 30.3 Å². The Kier molecular flexibility index (Phi) is 3.33. The van der Waals surface area contributed by atoms with Crippen LogP contribution in [0, 0.1) is 17.8 Å². The number of hydrogen-bond acceptors (Lipinski definition) is 1. The van der Waals surface area contributed by atoms with Crippen LogP contribution in [0.1, 0.15) is 36.0 Å². The third kappa shape index (κ3) is 2.29. The van der Waals surface area contributed by atoms with Crippen molar-refractivity contribution >= 4 is 27.7 Å². The second-order valence-corrected chi connectivity index (χ2v) is 6.40. The second kappa shape index (κ2) is 5.37. The van der Waals surface area contributed by atoms with Gasteiger partial charge in [0, 0.05) is 28.4 Å². The number of nitrogens with two attached hydrogens (primary N) is 1. The number of halogens is 1. The number of rotatable bonds is 3. The lowest BCUT2D eigenvalue weighted by Crippen LogP contribution is -2.11. The fourth-order valence-electron chi connectivity index (χ4n) is 3.88. The molecule has 1 aliphatic carbocycles. The number of fused-ring (bicyclic) bond motifs is 3. The first-order chi connectivity index (χ1) is 11.1. The molecule has 0 bridgehead atoms. The Bertz CT molecular complexity index is 907. The molecule has 117 valence electrons. The van der Waals surface area contributed by atoms with Crippen LogP contribution in [0.25, 0.3) is 21.8 Å². The molecule has 4 heteroatoms. The van der Waals surface area contributed by atoms with Crippen molar-refractivity contribution in [1.82, 2.24) is 4.57 Å². The van der Waals surface area contributed by atoms with Gasteiger partial charge in [0.2, 0.25) is 5.91 Å². The third-order valence-electron chi connectivity index (χ3n) is 4.94. The summed E-state index contributed by atoms with van der Waals surface area (Å²) in [4.78, 5) is 11.8. The van der Waals surface area contributed by atoms with E-state index in [4.69, 9.17) is 5.73 Å². The summed E-state index contributed by atoms with van der Waals surface area (Å²) in [7, 11) is 0. The van der Waals surface area contributed by atoms with E-state index in [1.54, 1.807) is 6.07 Å². The van der Waals surface area contributed by atoms with Crippen LogP contribution >= 0.6 is 0 Å². The number of aromatic nitrogens is 1. The molecule has 3 aromatic rings. The number of carbonyl (C=O) groups excluding carboxylic acids is 1. The molecule has 0 saturated heterocycles. The maximum Gasteiger partial charge on any atom is 0.249 e. The van der Waals surface area contributed by atoms with Gasteiger partial charge in [-0.15, -0.1) is 0 Å².